The number of benzene rings is 1. The summed E-state index contributed by atoms with van der Waals surface area (Å²) in [5.41, 5.74) is 2.99. The molecule has 0 saturated carbocycles. The van der Waals surface area contributed by atoms with E-state index < -0.39 is 0 Å². The molecule has 0 aliphatic heterocycles. The highest BCUT2D eigenvalue weighted by Crippen LogP contribution is 2.04. The first-order valence-electron chi connectivity index (χ1n) is 4.50. The second-order valence-corrected chi connectivity index (χ2v) is 3.18. The SMILES string of the molecule is Bc1ccc(C(=O)NCC)c(C)c1. The number of nitrogens with one attached hydrogen (secondary N) is 1. The van der Waals surface area contributed by atoms with E-state index in [2.05, 4.69) is 5.32 Å². The third-order valence-corrected chi connectivity index (χ3v) is 1.96. The Labute approximate surface area is 79.8 Å². The van der Waals surface area contributed by atoms with Gasteiger partial charge >= 0.3 is 0 Å². The van der Waals surface area contributed by atoms with Crippen LogP contribution in [0.25, 0.3) is 0 Å². The van der Waals surface area contributed by atoms with Gasteiger partial charge in [-0.15, -0.1) is 0 Å². The van der Waals surface area contributed by atoms with Gasteiger partial charge in [-0.05, 0) is 25.5 Å². The highest BCUT2D eigenvalue weighted by molar-refractivity contribution is 6.32. The summed E-state index contributed by atoms with van der Waals surface area (Å²) in [5.74, 6) is 0.0139. The van der Waals surface area contributed by atoms with Gasteiger partial charge in [-0.2, -0.15) is 0 Å². The smallest absolute Gasteiger partial charge is 0.251 e. The summed E-state index contributed by atoms with van der Waals surface area (Å²) in [5, 5.41) is 2.78. The van der Waals surface area contributed by atoms with E-state index in [1.165, 1.54) is 5.46 Å². The number of amides is 1. The minimum Gasteiger partial charge on any atom is -0.352 e. The van der Waals surface area contributed by atoms with E-state index >= 15 is 0 Å². The van der Waals surface area contributed by atoms with Crippen molar-refractivity contribution in [3.8, 4) is 0 Å². The first-order valence-corrected chi connectivity index (χ1v) is 4.50. The van der Waals surface area contributed by atoms with Crippen molar-refractivity contribution < 1.29 is 4.79 Å². The van der Waals surface area contributed by atoms with Crippen LogP contribution in [-0.4, -0.2) is 20.3 Å². The average Bonchev–Trinajstić information content (AvgIpc) is 2.04. The molecule has 0 aliphatic carbocycles. The Hall–Kier alpha value is -1.25. The Kier molecular flexibility index (Phi) is 3.12. The normalized spacial score (nSPS) is 9.69. The Morgan fingerprint density at radius 3 is 2.77 bits per heavy atom. The zero-order valence-electron chi connectivity index (χ0n) is 8.35. The lowest BCUT2D eigenvalue weighted by atomic mass is 9.92. The van der Waals surface area contributed by atoms with Gasteiger partial charge in [0.1, 0.15) is 7.85 Å². The van der Waals surface area contributed by atoms with Crippen LogP contribution < -0.4 is 10.8 Å². The maximum absolute atomic E-state index is 11.5. The zero-order chi connectivity index (χ0) is 9.84. The van der Waals surface area contributed by atoms with Crippen LogP contribution in [0.15, 0.2) is 18.2 Å². The third kappa shape index (κ3) is 2.34. The lowest BCUT2D eigenvalue weighted by Crippen LogP contribution is -2.24. The van der Waals surface area contributed by atoms with Crippen molar-refractivity contribution in [1.29, 1.82) is 0 Å². The molecule has 0 spiro atoms. The summed E-state index contributed by atoms with van der Waals surface area (Å²) in [4.78, 5) is 11.5. The number of carbonyl (C=O) groups excluding carboxylic acids is 1. The molecule has 0 aromatic heterocycles. The molecule has 3 heteroatoms. The van der Waals surface area contributed by atoms with E-state index in [9.17, 15) is 4.79 Å². The molecule has 0 aliphatic rings. The molecule has 0 radical (unpaired) electrons. The van der Waals surface area contributed by atoms with E-state index in [-0.39, 0.29) is 5.91 Å². The first kappa shape index (κ1) is 9.84. The Bertz CT molecular complexity index is 323. The van der Waals surface area contributed by atoms with E-state index in [0.717, 1.165) is 11.1 Å². The molecule has 2 nitrogen and oxygen atoms in total. The van der Waals surface area contributed by atoms with Crippen LogP contribution >= 0.6 is 0 Å². The highest BCUT2D eigenvalue weighted by Gasteiger charge is 2.06. The van der Waals surface area contributed by atoms with Crippen LogP contribution in [0.4, 0.5) is 0 Å². The van der Waals surface area contributed by atoms with Crippen molar-refractivity contribution in [1.82, 2.24) is 5.32 Å². The number of hydrogen-bond acceptors (Lipinski definition) is 1. The molecule has 1 aromatic carbocycles. The highest BCUT2D eigenvalue weighted by atomic mass is 16.1. The molecular weight excluding hydrogens is 161 g/mol. The molecule has 0 atom stereocenters. The van der Waals surface area contributed by atoms with Gasteiger partial charge in [-0.3, -0.25) is 4.79 Å². The van der Waals surface area contributed by atoms with Crippen LogP contribution in [0, 0.1) is 6.92 Å². The largest absolute Gasteiger partial charge is 0.352 e. The first-order chi connectivity index (χ1) is 6.15. The van der Waals surface area contributed by atoms with Gasteiger partial charge in [0, 0.05) is 12.1 Å². The lowest BCUT2D eigenvalue weighted by molar-refractivity contribution is 0.0955. The maximum Gasteiger partial charge on any atom is 0.251 e. The second kappa shape index (κ2) is 4.12. The second-order valence-electron chi connectivity index (χ2n) is 3.18. The van der Waals surface area contributed by atoms with Crippen molar-refractivity contribution in [3.63, 3.8) is 0 Å². The summed E-state index contributed by atoms with van der Waals surface area (Å²) in [6.45, 7) is 4.55. The molecule has 1 amide bonds. The molecule has 1 rings (SSSR count). The minimum atomic E-state index is 0.0139. The predicted molar refractivity (Wildman–Crippen MR) is 57.4 cm³/mol. The molecule has 0 unspecified atom stereocenters. The molecule has 68 valence electrons. The van der Waals surface area contributed by atoms with Gasteiger partial charge in [0.2, 0.25) is 0 Å². The summed E-state index contributed by atoms with van der Waals surface area (Å²) in [6, 6.07) is 5.85. The van der Waals surface area contributed by atoms with Gasteiger partial charge in [0.05, 0.1) is 0 Å². The maximum atomic E-state index is 11.5. The van der Waals surface area contributed by atoms with E-state index in [4.69, 9.17) is 0 Å². The van der Waals surface area contributed by atoms with Crippen molar-refractivity contribution in [3.05, 3.63) is 29.3 Å². The predicted octanol–water partition coefficient (Wildman–Crippen LogP) is 0.00312. The van der Waals surface area contributed by atoms with E-state index in [1.54, 1.807) is 0 Å². The zero-order valence-corrected chi connectivity index (χ0v) is 8.35. The summed E-state index contributed by atoms with van der Waals surface area (Å²) in [7, 11) is 2.02. The quantitative estimate of drug-likeness (QED) is 0.630. The number of carbonyl (C=O) groups is 1. The van der Waals surface area contributed by atoms with Gasteiger partial charge in [-0.25, -0.2) is 0 Å². The fraction of sp³-hybridized carbons (Fsp3) is 0.300. The molecular formula is C10H14BNO. The minimum absolute atomic E-state index is 0.0139. The molecule has 13 heavy (non-hydrogen) atoms. The molecule has 1 aromatic rings. The summed E-state index contributed by atoms with van der Waals surface area (Å²) in [6.07, 6.45) is 0. The van der Waals surface area contributed by atoms with E-state index in [0.29, 0.717) is 6.54 Å². The van der Waals surface area contributed by atoms with Crippen LogP contribution in [0.3, 0.4) is 0 Å². The van der Waals surface area contributed by atoms with Crippen LogP contribution in [0.5, 0.6) is 0 Å². The summed E-state index contributed by atoms with van der Waals surface area (Å²) < 4.78 is 0. The molecule has 0 saturated heterocycles. The molecule has 0 fully saturated rings. The fourth-order valence-electron chi connectivity index (χ4n) is 1.32. The number of rotatable bonds is 2. The topological polar surface area (TPSA) is 29.1 Å². The van der Waals surface area contributed by atoms with Gasteiger partial charge in [-0.1, -0.05) is 17.6 Å². The summed E-state index contributed by atoms with van der Waals surface area (Å²) >= 11 is 0. The lowest BCUT2D eigenvalue weighted by Gasteiger charge is -2.06. The van der Waals surface area contributed by atoms with Crippen LogP contribution in [0.1, 0.15) is 22.8 Å². The average molecular weight is 175 g/mol. The van der Waals surface area contributed by atoms with Crippen molar-refractivity contribution >= 4 is 19.2 Å². The van der Waals surface area contributed by atoms with Gasteiger partial charge < -0.3 is 5.32 Å². The third-order valence-electron chi connectivity index (χ3n) is 1.96. The van der Waals surface area contributed by atoms with Gasteiger partial charge in [0.25, 0.3) is 5.91 Å². The molecule has 0 heterocycles. The fourth-order valence-corrected chi connectivity index (χ4v) is 1.32. The standard InChI is InChI=1S/C10H14BNO/c1-3-12-10(13)9-5-4-8(11)6-7(9)2/h4-6H,3,11H2,1-2H3,(H,12,13). The Balaban J connectivity index is 2.95. The molecule has 0 bridgehead atoms. The van der Waals surface area contributed by atoms with Gasteiger partial charge in [0.15, 0.2) is 0 Å². The van der Waals surface area contributed by atoms with Crippen LogP contribution in [0.2, 0.25) is 0 Å². The monoisotopic (exact) mass is 175 g/mol. The van der Waals surface area contributed by atoms with E-state index in [1.807, 2.05) is 39.9 Å². The molecule has 1 N–H and O–H groups in total. The van der Waals surface area contributed by atoms with Crippen LogP contribution in [-0.2, 0) is 0 Å². The van der Waals surface area contributed by atoms with Crippen molar-refractivity contribution in [2.75, 3.05) is 6.54 Å². The van der Waals surface area contributed by atoms with Crippen molar-refractivity contribution in [2.45, 2.75) is 13.8 Å². The number of hydrogen-bond donors (Lipinski definition) is 1. The van der Waals surface area contributed by atoms with Crippen molar-refractivity contribution in [2.24, 2.45) is 0 Å². The Morgan fingerprint density at radius 1 is 1.54 bits per heavy atom. The Morgan fingerprint density at radius 2 is 2.23 bits per heavy atom. The number of aryl methyl sites for hydroxylation is 1.